The van der Waals surface area contributed by atoms with Gasteiger partial charge in [0.15, 0.2) is 0 Å². The molecule has 0 aliphatic carbocycles. The molecular weight excluding hydrogens is 739 g/mol. The molecule has 2 N–H and O–H groups in total. The predicted octanol–water partition coefficient (Wildman–Crippen LogP) is 10.1. The zero-order chi connectivity index (χ0) is 38.0. The van der Waals surface area contributed by atoms with E-state index in [2.05, 4.69) is 125 Å². The van der Waals surface area contributed by atoms with E-state index in [1.165, 1.54) is 77.4 Å². The van der Waals surface area contributed by atoms with Gasteiger partial charge in [0.05, 0.1) is 24.3 Å². The van der Waals surface area contributed by atoms with Gasteiger partial charge in [-0.2, -0.15) is 0 Å². The van der Waals surface area contributed by atoms with Crippen LogP contribution in [0.15, 0.2) is 162 Å². The van der Waals surface area contributed by atoms with E-state index in [4.69, 9.17) is 19.5 Å². The fourth-order valence-corrected chi connectivity index (χ4v) is 7.00. The topological polar surface area (TPSA) is 93.1 Å². The average molecular weight is 778 g/mol. The number of esters is 2. The van der Waals surface area contributed by atoms with Gasteiger partial charge in [0.25, 0.3) is 0 Å². The Bertz CT molecular complexity index is 2440. The maximum Gasteiger partial charge on any atom is 0.488 e. The van der Waals surface area contributed by atoms with Gasteiger partial charge in [-0.3, -0.25) is 0 Å². The minimum absolute atomic E-state index is 0.281. The van der Waals surface area contributed by atoms with Gasteiger partial charge in [0.2, 0.25) is 0 Å². The number of carbonyl (C=O) groups excluding carboxylic acids is 2. The van der Waals surface area contributed by atoms with Crippen molar-refractivity contribution in [2.75, 3.05) is 13.2 Å². The van der Waals surface area contributed by atoms with Crippen molar-refractivity contribution >= 4 is 83.5 Å². The zero-order valence-electron chi connectivity index (χ0n) is 29.9. The molecule has 0 saturated heterocycles. The summed E-state index contributed by atoms with van der Waals surface area (Å²) in [6.45, 7) is 4.25. The molecule has 0 saturated carbocycles. The summed E-state index contributed by atoms with van der Waals surface area (Å²) in [5.74, 6) is -0.691. The molecule has 0 fully saturated rings. The minimum Gasteiger partial charge on any atom is -0.462 e. The van der Waals surface area contributed by atoms with E-state index in [0.29, 0.717) is 29.8 Å². The van der Waals surface area contributed by atoms with Crippen LogP contribution in [0.1, 0.15) is 34.6 Å². The van der Waals surface area contributed by atoms with Gasteiger partial charge in [-0.05, 0) is 126 Å². The number of hydrogen-bond donors (Lipinski definition) is 2. The summed E-state index contributed by atoms with van der Waals surface area (Å²) >= 11 is 3.68. The van der Waals surface area contributed by atoms with Gasteiger partial charge in [-0.15, -0.1) is 0 Å². The lowest BCUT2D eigenvalue weighted by atomic mass is 9.80. The number of halogens is 1. The summed E-state index contributed by atoms with van der Waals surface area (Å²) < 4.78 is 11.0. The minimum atomic E-state index is -1.51. The highest BCUT2D eigenvalue weighted by molar-refractivity contribution is 9.10. The van der Waals surface area contributed by atoms with Crippen molar-refractivity contribution in [3.63, 3.8) is 0 Å². The first-order valence-corrected chi connectivity index (χ1v) is 18.5. The van der Waals surface area contributed by atoms with Gasteiger partial charge in [-0.1, -0.05) is 121 Å². The molecule has 6 nitrogen and oxygen atoms in total. The molecule has 0 radical (unpaired) electrons. The van der Waals surface area contributed by atoms with Gasteiger partial charge >= 0.3 is 19.1 Å². The van der Waals surface area contributed by atoms with E-state index in [9.17, 15) is 9.59 Å². The number of fused-ring (bicyclic) bond motifs is 4. The van der Waals surface area contributed by atoms with Gasteiger partial charge in [0, 0.05) is 4.47 Å². The van der Waals surface area contributed by atoms with E-state index in [1.807, 2.05) is 31.2 Å². The molecule has 8 aromatic carbocycles. The number of rotatable bonds is 6. The van der Waals surface area contributed by atoms with Gasteiger partial charge < -0.3 is 19.5 Å². The fourth-order valence-electron chi connectivity index (χ4n) is 6.28. The maximum atomic E-state index is 11.9. The van der Waals surface area contributed by atoms with Crippen LogP contribution in [0.25, 0.3) is 54.2 Å². The summed E-state index contributed by atoms with van der Waals surface area (Å²) in [6, 6.07) is 51.7. The summed E-state index contributed by atoms with van der Waals surface area (Å²) in [5.41, 5.74) is 3.62. The third-order valence-electron chi connectivity index (χ3n) is 8.88. The first-order valence-electron chi connectivity index (χ1n) is 17.7. The smallest absolute Gasteiger partial charge is 0.462 e. The van der Waals surface area contributed by atoms with Crippen molar-refractivity contribution in [2.24, 2.45) is 0 Å². The summed E-state index contributed by atoms with van der Waals surface area (Å²) in [4.78, 5) is 23.1. The van der Waals surface area contributed by atoms with Crippen LogP contribution in [0.5, 0.6) is 0 Å². The summed E-state index contributed by atoms with van der Waals surface area (Å²) in [7, 11) is -1.51. The molecule has 0 aromatic heterocycles. The Kier molecular flexibility index (Phi) is 12.5. The first-order chi connectivity index (χ1) is 26.3. The van der Waals surface area contributed by atoms with Crippen molar-refractivity contribution in [1.29, 1.82) is 0 Å². The van der Waals surface area contributed by atoms with Crippen molar-refractivity contribution in [1.82, 2.24) is 0 Å². The lowest BCUT2D eigenvalue weighted by Crippen LogP contribution is -2.29. The Balaban J connectivity index is 0.000000148. The molecule has 8 heteroatoms. The first kappa shape index (κ1) is 37.9. The number of carbonyl (C=O) groups is 2. The van der Waals surface area contributed by atoms with Crippen molar-refractivity contribution in [3.8, 4) is 11.1 Å². The lowest BCUT2D eigenvalue weighted by molar-refractivity contribution is 0.0517. The average Bonchev–Trinajstić information content (AvgIpc) is 3.21. The van der Waals surface area contributed by atoms with Crippen molar-refractivity contribution in [2.45, 2.75) is 13.8 Å². The van der Waals surface area contributed by atoms with Crippen LogP contribution in [0.3, 0.4) is 0 Å². The number of hydrogen-bond acceptors (Lipinski definition) is 6. The molecular formula is C46H38BBrO6. The Morgan fingerprint density at radius 3 is 1.26 bits per heavy atom. The SMILES string of the molecule is Brc1c2ccccc2cc2ccccc12.CCOC(=O)c1ccc(-c2c3ccccc3cc3ccccc23)cc1.CCOC(=O)c1ccc(B(O)O)cc1. The Labute approximate surface area is 322 Å². The second-order valence-electron chi connectivity index (χ2n) is 12.3. The largest absolute Gasteiger partial charge is 0.488 e. The van der Waals surface area contributed by atoms with Gasteiger partial charge in [0.1, 0.15) is 0 Å². The van der Waals surface area contributed by atoms with E-state index < -0.39 is 13.1 Å². The molecule has 0 amide bonds. The highest BCUT2D eigenvalue weighted by Gasteiger charge is 2.13. The molecule has 0 heterocycles. The molecule has 54 heavy (non-hydrogen) atoms. The number of benzene rings is 8. The van der Waals surface area contributed by atoms with E-state index in [1.54, 1.807) is 6.92 Å². The maximum absolute atomic E-state index is 11.9. The molecule has 0 atom stereocenters. The van der Waals surface area contributed by atoms with Crippen LogP contribution >= 0.6 is 15.9 Å². The second kappa shape index (κ2) is 17.8. The normalized spacial score (nSPS) is 10.6. The van der Waals surface area contributed by atoms with Crippen molar-refractivity contribution in [3.05, 3.63) is 173 Å². The van der Waals surface area contributed by atoms with Crippen LogP contribution in [-0.2, 0) is 9.47 Å². The van der Waals surface area contributed by atoms with Crippen LogP contribution in [0, 0.1) is 0 Å². The van der Waals surface area contributed by atoms with Crippen LogP contribution in [0.2, 0.25) is 0 Å². The molecule has 0 aliphatic rings. The summed E-state index contributed by atoms with van der Waals surface area (Å²) in [5, 5.41) is 27.6. The molecule has 8 rings (SSSR count). The van der Waals surface area contributed by atoms with E-state index in [-0.39, 0.29) is 5.97 Å². The Hall–Kier alpha value is -5.80. The quantitative estimate of drug-likeness (QED) is 0.0993. The molecule has 0 bridgehead atoms. The van der Waals surface area contributed by atoms with E-state index in [0.717, 1.165) is 5.56 Å². The third kappa shape index (κ3) is 8.70. The number of ether oxygens (including phenoxy) is 2. The van der Waals surface area contributed by atoms with Crippen molar-refractivity contribution < 1.29 is 29.1 Å². The monoisotopic (exact) mass is 776 g/mol. The zero-order valence-corrected chi connectivity index (χ0v) is 31.5. The molecule has 0 unspecified atom stereocenters. The standard InChI is InChI=1S/C23H18O2.C14H9Br.C9H11BO4/c1-2-25-23(24)17-13-11-16(12-14-17)22-20-9-5-3-7-18(20)15-19-8-4-6-10-21(19)22;15-14-12-7-3-1-5-10(12)9-11-6-2-4-8-13(11)14;1-2-14-9(11)7-3-5-8(6-4-7)10(12)13/h3-15H,2H2,1H3;1-9H;3-6,12-13H,2H2,1H3. The van der Waals surface area contributed by atoms with Crippen LogP contribution in [-0.4, -0.2) is 42.3 Å². The van der Waals surface area contributed by atoms with Crippen LogP contribution in [0.4, 0.5) is 0 Å². The van der Waals surface area contributed by atoms with Crippen LogP contribution < -0.4 is 5.46 Å². The molecule has 268 valence electrons. The third-order valence-corrected chi connectivity index (χ3v) is 9.74. The Morgan fingerprint density at radius 2 is 0.870 bits per heavy atom. The molecule has 0 aliphatic heterocycles. The lowest BCUT2D eigenvalue weighted by Gasteiger charge is -2.12. The molecule has 8 aromatic rings. The summed E-state index contributed by atoms with van der Waals surface area (Å²) in [6.07, 6.45) is 0. The molecule has 0 spiro atoms. The highest BCUT2D eigenvalue weighted by atomic mass is 79.9. The Morgan fingerprint density at radius 1 is 0.519 bits per heavy atom. The van der Waals surface area contributed by atoms with E-state index >= 15 is 0 Å². The fraction of sp³-hybridized carbons (Fsp3) is 0.0870. The predicted molar refractivity (Wildman–Crippen MR) is 224 cm³/mol. The van der Waals surface area contributed by atoms with Gasteiger partial charge in [-0.25, -0.2) is 9.59 Å². The second-order valence-corrected chi connectivity index (χ2v) is 13.1. The highest BCUT2D eigenvalue weighted by Crippen LogP contribution is 2.36.